The Balaban J connectivity index is 2.27. The van der Waals surface area contributed by atoms with Crippen LogP contribution in [0.5, 0.6) is 0 Å². The van der Waals surface area contributed by atoms with Crippen LogP contribution in [0.2, 0.25) is 5.02 Å². The van der Waals surface area contributed by atoms with Crippen LogP contribution in [0.4, 0.5) is 5.95 Å². The molecule has 1 atom stereocenters. The molecule has 1 aromatic rings. The molecule has 0 radical (unpaired) electrons. The Hall–Kier alpha value is -1.40. The maximum absolute atomic E-state index is 12.8. The molecule has 1 aliphatic rings. The Morgan fingerprint density at radius 1 is 1.41 bits per heavy atom. The molecule has 7 heteroatoms. The van der Waals surface area contributed by atoms with Gasteiger partial charge in [-0.25, -0.2) is 9.97 Å². The molecule has 22 heavy (non-hydrogen) atoms. The summed E-state index contributed by atoms with van der Waals surface area (Å²) >= 11 is 6.18. The number of hydrogen-bond acceptors (Lipinski definition) is 5. The molecule has 0 spiro atoms. The minimum absolute atomic E-state index is 0.110. The Kier molecular flexibility index (Phi) is 5.58. The summed E-state index contributed by atoms with van der Waals surface area (Å²) in [7, 11) is 2.06. The number of hydrogen-bond donors (Lipinski definition) is 0. The molecule has 1 aromatic heterocycles. The van der Waals surface area contributed by atoms with Gasteiger partial charge in [-0.15, -0.1) is 0 Å². The van der Waals surface area contributed by atoms with Gasteiger partial charge in [0.15, 0.2) is 5.69 Å². The van der Waals surface area contributed by atoms with E-state index in [2.05, 4.69) is 21.9 Å². The van der Waals surface area contributed by atoms with Crippen molar-refractivity contribution >= 4 is 23.5 Å². The van der Waals surface area contributed by atoms with E-state index in [9.17, 15) is 4.79 Å². The van der Waals surface area contributed by atoms with Crippen LogP contribution >= 0.6 is 11.6 Å². The van der Waals surface area contributed by atoms with Gasteiger partial charge in [0.05, 0.1) is 11.2 Å². The van der Waals surface area contributed by atoms with E-state index in [1.54, 1.807) is 0 Å². The molecule has 0 N–H and O–H groups in total. The van der Waals surface area contributed by atoms with E-state index in [1.165, 1.54) is 6.20 Å². The van der Waals surface area contributed by atoms with Gasteiger partial charge in [0.25, 0.3) is 5.91 Å². The number of carbonyl (C=O) groups excluding carboxylic acids is 1. The normalized spacial score (nSPS) is 19.3. The van der Waals surface area contributed by atoms with Crippen LogP contribution < -0.4 is 4.90 Å². The van der Waals surface area contributed by atoms with E-state index < -0.39 is 0 Å². The standard InChI is InChI=1S/C15H24ClN5O/c1-5-20(6-2)15-17-9-12(16)13(18-15)14(22)21-8-7-19(4)10-11(21)3/h9,11H,5-8,10H2,1-4H3/t11-/m1/s1. The first-order valence-corrected chi connectivity index (χ1v) is 8.12. The fraction of sp³-hybridized carbons (Fsp3) is 0.667. The van der Waals surface area contributed by atoms with Crippen molar-refractivity contribution in [3.8, 4) is 0 Å². The van der Waals surface area contributed by atoms with Gasteiger partial charge in [-0.1, -0.05) is 11.6 Å². The SMILES string of the molecule is CCN(CC)c1ncc(Cl)c(C(=O)N2CCN(C)C[C@H]2C)n1. The van der Waals surface area contributed by atoms with Crippen molar-refractivity contribution in [3.05, 3.63) is 16.9 Å². The molecular formula is C15H24ClN5O. The lowest BCUT2D eigenvalue weighted by Crippen LogP contribution is -2.53. The van der Waals surface area contributed by atoms with Gasteiger partial charge in [0.2, 0.25) is 5.95 Å². The van der Waals surface area contributed by atoms with Crippen molar-refractivity contribution in [2.24, 2.45) is 0 Å². The lowest BCUT2D eigenvalue weighted by atomic mass is 10.2. The Labute approximate surface area is 137 Å². The van der Waals surface area contributed by atoms with Gasteiger partial charge in [-0.05, 0) is 27.8 Å². The summed E-state index contributed by atoms with van der Waals surface area (Å²) in [5, 5.41) is 0.312. The molecular weight excluding hydrogens is 302 g/mol. The smallest absolute Gasteiger partial charge is 0.274 e. The minimum atomic E-state index is -0.110. The van der Waals surface area contributed by atoms with Gasteiger partial charge >= 0.3 is 0 Å². The Morgan fingerprint density at radius 2 is 2.09 bits per heavy atom. The number of piperazine rings is 1. The van der Waals surface area contributed by atoms with Crippen LogP contribution in [0.15, 0.2) is 6.20 Å². The average molecular weight is 326 g/mol. The second kappa shape index (κ2) is 7.24. The summed E-state index contributed by atoms with van der Waals surface area (Å²) in [5.74, 6) is 0.445. The third kappa shape index (κ3) is 3.50. The lowest BCUT2D eigenvalue weighted by Gasteiger charge is -2.38. The molecule has 1 saturated heterocycles. The van der Waals surface area contributed by atoms with Crippen molar-refractivity contribution < 1.29 is 4.79 Å². The predicted octanol–water partition coefficient (Wildman–Crippen LogP) is 1.75. The number of aromatic nitrogens is 2. The summed E-state index contributed by atoms with van der Waals surface area (Å²) in [5.41, 5.74) is 0.301. The Bertz CT molecular complexity index is 535. The molecule has 0 saturated carbocycles. The number of carbonyl (C=O) groups is 1. The third-order valence-electron chi connectivity index (χ3n) is 4.07. The Morgan fingerprint density at radius 3 is 2.68 bits per heavy atom. The molecule has 0 bridgehead atoms. The average Bonchev–Trinajstić information content (AvgIpc) is 2.49. The van der Waals surface area contributed by atoms with Crippen LogP contribution in [-0.4, -0.2) is 71.5 Å². The number of rotatable bonds is 4. The number of likely N-dealkylation sites (N-methyl/N-ethyl adjacent to an activating group) is 1. The van der Waals surface area contributed by atoms with E-state index >= 15 is 0 Å². The highest BCUT2D eigenvalue weighted by atomic mass is 35.5. The quantitative estimate of drug-likeness (QED) is 0.844. The monoisotopic (exact) mass is 325 g/mol. The van der Waals surface area contributed by atoms with E-state index in [-0.39, 0.29) is 11.9 Å². The first kappa shape index (κ1) is 17.0. The molecule has 0 aliphatic carbocycles. The van der Waals surface area contributed by atoms with Gasteiger partial charge < -0.3 is 14.7 Å². The van der Waals surface area contributed by atoms with Crippen molar-refractivity contribution in [2.45, 2.75) is 26.8 Å². The van der Waals surface area contributed by atoms with Crippen LogP contribution in [-0.2, 0) is 0 Å². The zero-order chi connectivity index (χ0) is 16.3. The topological polar surface area (TPSA) is 52.6 Å². The van der Waals surface area contributed by atoms with Crippen molar-refractivity contribution in [1.82, 2.24) is 19.8 Å². The molecule has 2 heterocycles. The minimum Gasteiger partial charge on any atom is -0.341 e. The van der Waals surface area contributed by atoms with Crippen LogP contribution in [0.25, 0.3) is 0 Å². The predicted molar refractivity (Wildman–Crippen MR) is 88.6 cm³/mol. The molecule has 0 aromatic carbocycles. The van der Waals surface area contributed by atoms with E-state index in [1.807, 2.05) is 30.6 Å². The van der Waals surface area contributed by atoms with Crippen molar-refractivity contribution in [3.63, 3.8) is 0 Å². The summed E-state index contributed by atoms with van der Waals surface area (Å²) < 4.78 is 0. The van der Waals surface area contributed by atoms with Crippen molar-refractivity contribution in [2.75, 3.05) is 44.7 Å². The van der Waals surface area contributed by atoms with Gasteiger partial charge in [-0.2, -0.15) is 0 Å². The van der Waals surface area contributed by atoms with E-state index in [4.69, 9.17) is 11.6 Å². The van der Waals surface area contributed by atoms with Crippen LogP contribution in [0, 0.1) is 0 Å². The molecule has 1 fully saturated rings. The third-order valence-corrected chi connectivity index (χ3v) is 4.35. The zero-order valence-corrected chi connectivity index (χ0v) is 14.5. The maximum atomic E-state index is 12.8. The fourth-order valence-corrected chi connectivity index (χ4v) is 2.92. The number of anilines is 1. The van der Waals surface area contributed by atoms with Gasteiger partial charge in [0.1, 0.15) is 0 Å². The largest absolute Gasteiger partial charge is 0.341 e. The maximum Gasteiger partial charge on any atom is 0.274 e. The van der Waals surface area contributed by atoms with Gasteiger partial charge in [0, 0.05) is 38.8 Å². The molecule has 1 amide bonds. The molecule has 1 aliphatic heterocycles. The number of amides is 1. The first-order valence-electron chi connectivity index (χ1n) is 7.74. The number of nitrogens with zero attached hydrogens (tertiary/aromatic N) is 5. The molecule has 0 unspecified atom stereocenters. The second-order valence-corrected chi connectivity index (χ2v) is 6.06. The highest BCUT2D eigenvalue weighted by molar-refractivity contribution is 6.33. The van der Waals surface area contributed by atoms with Crippen LogP contribution in [0.1, 0.15) is 31.3 Å². The van der Waals surface area contributed by atoms with Gasteiger partial charge in [-0.3, -0.25) is 4.79 Å². The number of halogens is 1. The second-order valence-electron chi connectivity index (χ2n) is 5.65. The molecule has 2 rings (SSSR count). The summed E-state index contributed by atoms with van der Waals surface area (Å²) in [4.78, 5) is 27.5. The lowest BCUT2D eigenvalue weighted by molar-refractivity contribution is 0.0528. The zero-order valence-electron chi connectivity index (χ0n) is 13.7. The van der Waals surface area contributed by atoms with E-state index in [0.717, 1.165) is 26.2 Å². The summed E-state index contributed by atoms with van der Waals surface area (Å²) in [6, 6.07) is 0.147. The summed E-state index contributed by atoms with van der Waals surface area (Å²) in [6.07, 6.45) is 1.52. The first-order chi connectivity index (χ1) is 10.5. The highest BCUT2D eigenvalue weighted by Crippen LogP contribution is 2.20. The van der Waals surface area contributed by atoms with E-state index in [0.29, 0.717) is 23.2 Å². The van der Waals surface area contributed by atoms with Crippen molar-refractivity contribution in [1.29, 1.82) is 0 Å². The summed E-state index contributed by atoms with van der Waals surface area (Å²) in [6.45, 7) is 10.1. The fourth-order valence-electron chi connectivity index (χ4n) is 2.74. The molecule has 6 nitrogen and oxygen atoms in total. The molecule has 122 valence electrons. The van der Waals surface area contributed by atoms with Crippen LogP contribution in [0.3, 0.4) is 0 Å². The highest BCUT2D eigenvalue weighted by Gasteiger charge is 2.29.